The van der Waals surface area contributed by atoms with E-state index in [1.165, 1.54) is 0 Å². The minimum Gasteiger partial charge on any atom is -0.748 e. The molecule has 0 rings (SSSR count). The van der Waals surface area contributed by atoms with Crippen LogP contribution in [0.4, 0.5) is 0 Å². The van der Waals surface area contributed by atoms with Crippen LogP contribution in [0.15, 0.2) is 0 Å². The maximum Gasteiger partial charge on any atom is 1.00 e. The molecule has 0 heterocycles. The van der Waals surface area contributed by atoms with Gasteiger partial charge in [0.15, 0.2) is 0 Å². The molecule has 0 spiro atoms. The Morgan fingerprint density at radius 3 is 2.12 bits per heavy atom. The molecule has 0 amide bonds. The molecular weight excluding hydrogens is 239 g/mol. The van der Waals surface area contributed by atoms with Crippen LogP contribution in [-0.2, 0) is 10.1 Å². The number of unbranched alkanes of at least 4 members (excludes halogenated alkanes) is 3. The van der Waals surface area contributed by atoms with Crippen molar-refractivity contribution in [2.24, 2.45) is 0 Å². The van der Waals surface area contributed by atoms with Crippen molar-refractivity contribution >= 4 is 10.1 Å². The van der Waals surface area contributed by atoms with Crippen molar-refractivity contribution in [1.29, 1.82) is 0 Å². The van der Waals surface area contributed by atoms with Crippen molar-refractivity contribution in [3.05, 3.63) is 0 Å². The van der Waals surface area contributed by atoms with Crippen molar-refractivity contribution in [3.63, 3.8) is 0 Å². The summed E-state index contributed by atoms with van der Waals surface area (Å²) in [7, 11) is -4.36. The molecule has 0 bridgehead atoms. The topological polar surface area (TPSA) is 77.4 Å². The standard InChI is InChI=1S/C10H22O4S.Na/c1-3-5-6-7-8-9(11)10(4-2)15(12,13)14;/h9-11H,3-8H2,1-2H3,(H,12,13,14);/q;+1/p-1. The normalized spacial score (nSPS) is 15.2. The summed E-state index contributed by atoms with van der Waals surface area (Å²) in [6.45, 7) is 3.68. The van der Waals surface area contributed by atoms with Crippen LogP contribution in [0.3, 0.4) is 0 Å². The van der Waals surface area contributed by atoms with Gasteiger partial charge in [0.25, 0.3) is 0 Å². The van der Waals surface area contributed by atoms with Crippen LogP contribution in [-0.4, -0.2) is 29.4 Å². The quantitative estimate of drug-likeness (QED) is 0.332. The van der Waals surface area contributed by atoms with Crippen LogP contribution < -0.4 is 29.6 Å². The Balaban J connectivity index is 0. The summed E-state index contributed by atoms with van der Waals surface area (Å²) in [5, 5.41) is 8.43. The largest absolute Gasteiger partial charge is 1.00 e. The zero-order valence-corrected chi connectivity index (χ0v) is 13.3. The van der Waals surface area contributed by atoms with E-state index in [1.54, 1.807) is 6.92 Å². The fourth-order valence-corrected chi connectivity index (χ4v) is 2.56. The summed E-state index contributed by atoms with van der Waals surface area (Å²) >= 11 is 0. The third kappa shape index (κ3) is 8.03. The molecule has 0 aliphatic heterocycles. The molecule has 0 aliphatic rings. The summed E-state index contributed by atoms with van der Waals surface area (Å²) in [5.41, 5.74) is 0. The molecule has 6 heteroatoms. The number of rotatable bonds is 8. The van der Waals surface area contributed by atoms with Gasteiger partial charge in [-0.1, -0.05) is 39.5 Å². The molecule has 4 nitrogen and oxygen atoms in total. The van der Waals surface area contributed by atoms with E-state index < -0.39 is 21.5 Å². The molecule has 2 unspecified atom stereocenters. The fraction of sp³-hybridized carbons (Fsp3) is 1.00. The van der Waals surface area contributed by atoms with Gasteiger partial charge in [-0.2, -0.15) is 0 Å². The minimum atomic E-state index is -4.36. The molecule has 0 aromatic heterocycles. The molecule has 0 aliphatic carbocycles. The summed E-state index contributed by atoms with van der Waals surface area (Å²) in [6, 6.07) is 0. The predicted octanol–water partition coefficient (Wildman–Crippen LogP) is -1.35. The molecule has 16 heavy (non-hydrogen) atoms. The monoisotopic (exact) mass is 260 g/mol. The molecular formula is C10H21NaO4S. The number of aliphatic hydroxyl groups excluding tert-OH is 1. The first kappa shape index (κ1) is 19.2. The molecule has 0 radical (unpaired) electrons. The second kappa shape index (κ2) is 9.85. The SMILES string of the molecule is CCCCCCC(O)C(CC)S(=O)(=O)[O-].[Na+]. The Bertz CT molecular complexity index is 254. The van der Waals surface area contributed by atoms with Crippen LogP contribution in [0.2, 0.25) is 0 Å². The maximum atomic E-state index is 10.8. The fourth-order valence-electron chi connectivity index (χ4n) is 1.63. The second-order valence-electron chi connectivity index (χ2n) is 3.86. The molecule has 2 atom stereocenters. The van der Waals surface area contributed by atoms with Gasteiger partial charge in [-0.25, -0.2) is 8.42 Å². The molecule has 0 saturated heterocycles. The summed E-state index contributed by atoms with van der Waals surface area (Å²) in [4.78, 5) is 0. The zero-order valence-electron chi connectivity index (χ0n) is 10.5. The van der Waals surface area contributed by atoms with E-state index in [2.05, 4.69) is 6.92 Å². The Morgan fingerprint density at radius 1 is 1.19 bits per heavy atom. The Morgan fingerprint density at radius 2 is 1.75 bits per heavy atom. The smallest absolute Gasteiger partial charge is 0.748 e. The van der Waals surface area contributed by atoms with E-state index in [4.69, 9.17) is 0 Å². The van der Waals surface area contributed by atoms with E-state index >= 15 is 0 Å². The molecule has 0 aromatic rings. The van der Waals surface area contributed by atoms with Gasteiger partial charge in [0.1, 0.15) is 10.1 Å². The third-order valence-electron chi connectivity index (χ3n) is 2.56. The molecule has 1 N–H and O–H groups in total. The van der Waals surface area contributed by atoms with Gasteiger partial charge in [-0.15, -0.1) is 0 Å². The Kier molecular flexibility index (Phi) is 11.8. The maximum absolute atomic E-state index is 10.8. The van der Waals surface area contributed by atoms with Gasteiger partial charge in [-0.3, -0.25) is 0 Å². The minimum absolute atomic E-state index is 0. The predicted molar refractivity (Wildman–Crippen MR) is 58.5 cm³/mol. The van der Waals surface area contributed by atoms with Crippen LogP contribution in [0.5, 0.6) is 0 Å². The Hall–Kier alpha value is 0.870. The average molecular weight is 260 g/mol. The molecule has 92 valence electrons. The summed E-state index contributed by atoms with van der Waals surface area (Å²) in [6.07, 6.45) is 3.50. The van der Waals surface area contributed by atoms with Crippen molar-refractivity contribution in [2.75, 3.05) is 0 Å². The van der Waals surface area contributed by atoms with Crippen LogP contribution >= 0.6 is 0 Å². The first-order valence-electron chi connectivity index (χ1n) is 5.56. The summed E-state index contributed by atoms with van der Waals surface area (Å²) in [5.74, 6) is 0. The van der Waals surface area contributed by atoms with Crippen molar-refractivity contribution < 1.29 is 47.6 Å². The van der Waals surface area contributed by atoms with E-state index in [0.717, 1.165) is 25.7 Å². The van der Waals surface area contributed by atoms with E-state index in [1.807, 2.05) is 0 Å². The average Bonchev–Trinajstić information content (AvgIpc) is 2.11. The first-order valence-corrected chi connectivity index (χ1v) is 7.03. The van der Waals surface area contributed by atoms with E-state index in [-0.39, 0.29) is 36.0 Å². The van der Waals surface area contributed by atoms with Gasteiger partial charge in [0.05, 0.1) is 11.4 Å². The molecule has 0 fully saturated rings. The van der Waals surface area contributed by atoms with E-state index in [0.29, 0.717) is 6.42 Å². The summed E-state index contributed by atoms with van der Waals surface area (Å²) < 4.78 is 32.3. The third-order valence-corrected chi connectivity index (χ3v) is 3.94. The van der Waals surface area contributed by atoms with Gasteiger partial charge < -0.3 is 9.66 Å². The van der Waals surface area contributed by atoms with Crippen LogP contribution in [0.1, 0.15) is 52.4 Å². The Labute approximate surface area is 121 Å². The van der Waals surface area contributed by atoms with Crippen LogP contribution in [0, 0.1) is 0 Å². The van der Waals surface area contributed by atoms with Gasteiger partial charge in [-0.05, 0) is 12.8 Å². The number of hydrogen-bond donors (Lipinski definition) is 1. The zero-order chi connectivity index (χ0) is 11.9. The van der Waals surface area contributed by atoms with Gasteiger partial charge >= 0.3 is 29.6 Å². The van der Waals surface area contributed by atoms with Crippen molar-refractivity contribution in [2.45, 2.75) is 63.7 Å². The molecule has 0 aromatic carbocycles. The van der Waals surface area contributed by atoms with Gasteiger partial charge in [0, 0.05) is 0 Å². The number of aliphatic hydroxyl groups is 1. The first-order chi connectivity index (χ1) is 6.93. The number of hydrogen-bond acceptors (Lipinski definition) is 4. The van der Waals surface area contributed by atoms with Crippen molar-refractivity contribution in [3.8, 4) is 0 Å². The van der Waals surface area contributed by atoms with E-state index in [9.17, 15) is 18.1 Å². The second-order valence-corrected chi connectivity index (χ2v) is 5.45. The van der Waals surface area contributed by atoms with Crippen LogP contribution in [0.25, 0.3) is 0 Å². The van der Waals surface area contributed by atoms with Gasteiger partial charge in [0.2, 0.25) is 0 Å². The van der Waals surface area contributed by atoms with Crippen molar-refractivity contribution in [1.82, 2.24) is 0 Å². The molecule has 0 saturated carbocycles.